The highest BCUT2D eigenvalue weighted by molar-refractivity contribution is 6.21. The number of hydrogen-bond acceptors (Lipinski definition) is 9. The van der Waals surface area contributed by atoms with Crippen LogP contribution in [0.2, 0.25) is 0 Å². The largest absolute Gasteiger partial charge is 0.454 e. The van der Waals surface area contributed by atoms with E-state index in [0.29, 0.717) is 6.42 Å². The van der Waals surface area contributed by atoms with E-state index in [9.17, 15) is 25.2 Å². The highest BCUT2D eigenvalue weighted by Gasteiger charge is 2.60. The van der Waals surface area contributed by atoms with E-state index in [-0.39, 0.29) is 12.3 Å². The molecule has 2 aliphatic rings. The van der Waals surface area contributed by atoms with E-state index in [4.69, 9.17) is 53.8 Å². The Labute approximate surface area is 253 Å². The van der Waals surface area contributed by atoms with Gasteiger partial charge in [-0.15, -0.1) is 34.8 Å². The number of carbonyl (C=O) groups is 1. The van der Waals surface area contributed by atoms with E-state index in [1.54, 1.807) is 0 Å². The summed E-state index contributed by atoms with van der Waals surface area (Å²) in [6.45, 7) is 1.69. The number of esters is 1. The summed E-state index contributed by atoms with van der Waals surface area (Å²) < 4.78 is 22.7. The first kappa shape index (κ1) is 36.3. The van der Waals surface area contributed by atoms with Crippen LogP contribution in [0.3, 0.4) is 0 Å². The van der Waals surface area contributed by atoms with Gasteiger partial charge in [-0.2, -0.15) is 0 Å². The van der Waals surface area contributed by atoms with Crippen molar-refractivity contribution in [2.75, 3.05) is 18.4 Å². The van der Waals surface area contributed by atoms with Gasteiger partial charge < -0.3 is 39.4 Å². The van der Waals surface area contributed by atoms with E-state index >= 15 is 0 Å². The first-order valence-electron chi connectivity index (χ1n) is 14.9. The average Bonchev–Trinajstić information content (AvgIpc) is 3.21. The molecule has 0 spiro atoms. The van der Waals surface area contributed by atoms with Crippen LogP contribution < -0.4 is 0 Å². The Hall–Kier alpha value is 0.0600. The predicted octanol–water partition coefficient (Wildman–Crippen LogP) is 4.38. The van der Waals surface area contributed by atoms with Gasteiger partial charge in [0.05, 0.1) is 23.7 Å². The zero-order chi connectivity index (χ0) is 29.5. The third-order valence-electron chi connectivity index (χ3n) is 7.67. The Bertz CT molecular complexity index is 704. The molecule has 0 saturated carbocycles. The lowest BCUT2D eigenvalue weighted by Gasteiger charge is -2.43. The quantitative estimate of drug-likeness (QED) is 0.0874. The standard InChI is InChI=1S/C28H49Cl3O9/c1-2-3-4-5-6-7-8-9-10-11-12-13-14-15-21(33)38-26-23(34)19(16-29)39-28(26,18-30)40-27-25(36)24(35)22(31)20(17-32)37-27/h19-20,22-27,32,34-36H,2-18H2,1H3/t19-,20-,22+,23-,24+,25-,26+,27-,28+/m1/s1. The van der Waals surface area contributed by atoms with Gasteiger partial charge in [0.1, 0.15) is 30.5 Å². The molecule has 0 aromatic carbocycles. The maximum atomic E-state index is 12.7. The Kier molecular flexibility index (Phi) is 17.5. The van der Waals surface area contributed by atoms with Crippen molar-refractivity contribution in [3.8, 4) is 0 Å². The molecule has 2 fully saturated rings. The topological polar surface area (TPSA) is 135 Å². The molecular weight excluding hydrogens is 587 g/mol. The molecule has 9 nitrogen and oxygen atoms in total. The minimum atomic E-state index is -1.92. The van der Waals surface area contributed by atoms with Gasteiger partial charge in [0.2, 0.25) is 5.79 Å². The fraction of sp³-hybridized carbons (Fsp3) is 0.964. The molecule has 0 aromatic heterocycles. The SMILES string of the molecule is CCCCCCCCCCCCCCCC(=O)O[C@H]1[C@H](O)[C@@H](CCl)O[C@@]1(CCl)O[C@H]1O[C@H](CO)[C@H](Cl)[C@H](O)[C@H]1O. The van der Waals surface area contributed by atoms with Crippen molar-refractivity contribution in [1.82, 2.24) is 0 Å². The van der Waals surface area contributed by atoms with Crippen LogP contribution in [0.5, 0.6) is 0 Å². The van der Waals surface area contributed by atoms with Crippen molar-refractivity contribution in [3.05, 3.63) is 0 Å². The maximum absolute atomic E-state index is 12.7. The minimum absolute atomic E-state index is 0.143. The van der Waals surface area contributed by atoms with Crippen molar-refractivity contribution in [2.24, 2.45) is 0 Å². The first-order valence-corrected chi connectivity index (χ1v) is 16.4. The first-order chi connectivity index (χ1) is 19.2. The monoisotopic (exact) mass is 634 g/mol. The molecule has 40 heavy (non-hydrogen) atoms. The van der Waals surface area contributed by atoms with Gasteiger partial charge in [-0.1, -0.05) is 84.0 Å². The van der Waals surface area contributed by atoms with Crippen molar-refractivity contribution < 1.29 is 44.2 Å². The molecular formula is C28H49Cl3O9. The highest BCUT2D eigenvalue weighted by atomic mass is 35.5. The number of ether oxygens (including phenoxy) is 4. The number of aliphatic hydroxyl groups is 4. The fourth-order valence-corrected chi connectivity index (χ4v) is 6.00. The Morgan fingerprint density at radius 3 is 1.88 bits per heavy atom. The molecule has 0 radical (unpaired) electrons. The summed E-state index contributed by atoms with van der Waals surface area (Å²) in [4.78, 5) is 12.7. The summed E-state index contributed by atoms with van der Waals surface area (Å²) in [5.41, 5.74) is 0. The van der Waals surface area contributed by atoms with Gasteiger partial charge in [0.15, 0.2) is 12.4 Å². The molecule has 0 amide bonds. The van der Waals surface area contributed by atoms with Gasteiger partial charge in [-0.3, -0.25) is 4.79 Å². The molecule has 9 atom stereocenters. The molecule has 4 N–H and O–H groups in total. The number of unbranched alkanes of at least 4 members (excludes halogenated alkanes) is 12. The molecule has 2 aliphatic heterocycles. The summed E-state index contributed by atoms with van der Waals surface area (Å²) in [5.74, 6) is -3.03. The molecule has 2 heterocycles. The van der Waals surface area contributed by atoms with E-state index in [2.05, 4.69) is 6.92 Å². The Morgan fingerprint density at radius 1 is 0.825 bits per heavy atom. The molecule has 2 saturated heterocycles. The van der Waals surface area contributed by atoms with Crippen LogP contribution >= 0.6 is 34.8 Å². The lowest BCUT2D eigenvalue weighted by atomic mass is 10.0. The van der Waals surface area contributed by atoms with Crippen LogP contribution in [0.15, 0.2) is 0 Å². The summed E-state index contributed by atoms with van der Waals surface area (Å²) >= 11 is 18.2. The lowest BCUT2D eigenvalue weighted by Crippen LogP contribution is -2.61. The van der Waals surface area contributed by atoms with Crippen LogP contribution in [0.4, 0.5) is 0 Å². The fourth-order valence-electron chi connectivity index (χ4n) is 5.19. The molecule has 12 heteroatoms. The van der Waals surface area contributed by atoms with Crippen molar-refractivity contribution in [2.45, 2.75) is 151 Å². The van der Waals surface area contributed by atoms with E-state index < -0.39 is 72.5 Å². The molecule has 0 bridgehead atoms. The van der Waals surface area contributed by atoms with E-state index in [1.807, 2.05) is 0 Å². The smallest absolute Gasteiger partial charge is 0.306 e. The maximum Gasteiger partial charge on any atom is 0.306 e. The number of halogens is 3. The van der Waals surface area contributed by atoms with Crippen LogP contribution in [-0.2, 0) is 23.7 Å². The summed E-state index contributed by atoms with van der Waals surface area (Å²) in [6, 6.07) is 0. The predicted molar refractivity (Wildman–Crippen MR) is 154 cm³/mol. The summed E-state index contributed by atoms with van der Waals surface area (Å²) in [5, 5.41) is 40.0. The van der Waals surface area contributed by atoms with Crippen molar-refractivity contribution in [3.63, 3.8) is 0 Å². The zero-order valence-electron chi connectivity index (χ0n) is 23.6. The number of hydrogen-bond donors (Lipinski definition) is 4. The Balaban J connectivity index is 1.80. The molecule has 2 rings (SSSR count). The number of aliphatic hydroxyl groups excluding tert-OH is 4. The van der Waals surface area contributed by atoms with Gasteiger partial charge in [-0.25, -0.2) is 0 Å². The molecule has 0 unspecified atom stereocenters. The lowest BCUT2D eigenvalue weighted by molar-refractivity contribution is -0.358. The summed E-state index contributed by atoms with van der Waals surface area (Å²) in [7, 11) is 0. The second-order valence-corrected chi connectivity index (χ2v) is 12.0. The molecule has 0 aliphatic carbocycles. The second-order valence-electron chi connectivity index (χ2n) is 10.9. The van der Waals surface area contributed by atoms with Crippen molar-refractivity contribution >= 4 is 40.8 Å². The zero-order valence-corrected chi connectivity index (χ0v) is 25.9. The van der Waals surface area contributed by atoms with Gasteiger partial charge in [-0.05, 0) is 6.42 Å². The third-order valence-corrected chi connectivity index (χ3v) is 8.89. The second kappa shape index (κ2) is 19.4. The van der Waals surface area contributed by atoms with Crippen molar-refractivity contribution in [1.29, 1.82) is 0 Å². The number of alkyl halides is 3. The van der Waals surface area contributed by atoms with E-state index in [0.717, 1.165) is 19.3 Å². The highest BCUT2D eigenvalue weighted by Crippen LogP contribution is 2.40. The number of rotatable bonds is 20. The van der Waals surface area contributed by atoms with Crippen LogP contribution in [-0.4, -0.2) is 98.8 Å². The van der Waals surface area contributed by atoms with Gasteiger partial charge >= 0.3 is 5.97 Å². The third kappa shape index (κ3) is 10.6. The summed E-state index contributed by atoms with van der Waals surface area (Å²) in [6.07, 6.45) is 6.13. The van der Waals surface area contributed by atoms with Gasteiger partial charge in [0, 0.05) is 6.42 Å². The minimum Gasteiger partial charge on any atom is -0.454 e. The molecule has 0 aromatic rings. The Morgan fingerprint density at radius 2 is 1.38 bits per heavy atom. The van der Waals surface area contributed by atoms with Gasteiger partial charge in [0.25, 0.3) is 0 Å². The van der Waals surface area contributed by atoms with E-state index in [1.165, 1.54) is 57.8 Å². The number of carbonyl (C=O) groups excluding carboxylic acids is 1. The van der Waals surface area contributed by atoms with Crippen LogP contribution in [0.25, 0.3) is 0 Å². The molecule has 236 valence electrons. The van der Waals surface area contributed by atoms with Crippen LogP contribution in [0, 0.1) is 0 Å². The average molecular weight is 636 g/mol. The normalized spacial score (nSPS) is 34.3. The van der Waals surface area contributed by atoms with Crippen LogP contribution in [0.1, 0.15) is 96.8 Å².